The number of halogens is 1. The topological polar surface area (TPSA) is 64.3 Å². The molecule has 0 amide bonds. The van der Waals surface area contributed by atoms with Crippen LogP contribution >= 0.6 is 15.9 Å². The molecule has 0 aliphatic carbocycles. The Bertz CT molecular complexity index is 758. The van der Waals surface area contributed by atoms with Crippen molar-refractivity contribution in [2.24, 2.45) is 0 Å². The molecular formula is C14H14BrN5O. The van der Waals surface area contributed by atoms with Crippen LogP contribution < -0.4 is 10.1 Å². The van der Waals surface area contributed by atoms with E-state index in [0.29, 0.717) is 12.4 Å². The van der Waals surface area contributed by atoms with Crippen LogP contribution in [0.15, 0.2) is 41.5 Å². The van der Waals surface area contributed by atoms with E-state index in [2.05, 4.69) is 36.2 Å². The number of methoxy groups -OCH3 is 1. The first kappa shape index (κ1) is 14.0. The van der Waals surface area contributed by atoms with E-state index in [0.717, 1.165) is 28.1 Å². The smallest absolute Gasteiger partial charge is 0.213 e. The van der Waals surface area contributed by atoms with Gasteiger partial charge in [-0.15, -0.1) is 0 Å². The maximum atomic E-state index is 5.11. The van der Waals surface area contributed by atoms with Gasteiger partial charge in [-0.25, -0.2) is 15.0 Å². The lowest BCUT2D eigenvalue weighted by Crippen LogP contribution is -2.14. The first-order valence-electron chi connectivity index (χ1n) is 6.43. The molecule has 3 rings (SSSR count). The summed E-state index contributed by atoms with van der Waals surface area (Å²) in [5, 5.41) is 3.39. The van der Waals surface area contributed by atoms with Crippen molar-refractivity contribution >= 4 is 21.6 Å². The molecule has 0 aliphatic heterocycles. The van der Waals surface area contributed by atoms with Crippen molar-refractivity contribution in [1.29, 1.82) is 0 Å². The summed E-state index contributed by atoms with van der Waals surface area (Å²) in [6.45, 7) is 1.45. The number of hydrogen-bond acceptors (Lipinski definition) is 5. The molecule has 0 saturated carbocycles. The summed E-state index contributed by atoms with van der Waals surface area (Å²) in [6.07, 6.45) is 7.24. The lowest BCUT2D eigenvalue weighted by molar-refractivity contribution is 0.397. The van der Waals surface area contributed by atoms with E-state index in [9.17, 15) is 0 Å². The third-order valence-electron chi connectivity index (χ3n) is 3.08. The van der Waals surface area contributed by atoms with E-state index in [1.807, 2.05) is 28.9 Å². The number of hydrogen-bond donors (Lipinski definition) is 1. The highest BCUT2D eigenvalue weighted by Gasteiger charge is 2.04. The lowest BCUT2D eigenvalue weighted by atomic mass is 10.2. The Morgan fingerprint density at radius 2 is 2.14 bits per heavy atom. The van der Waals surface area contributed by atoms with E-state index < -0.39 is 0 Å². The van der Waals surface area contributed by atoms with E-state index in [1.165, 1.54) is 0 Å². The fraction of sp³-hybridized carbons (Fsp3) is 0.214. The van der Waals surface area contributed by atoms with Crippen molar-refractivity contribution in [2.75, 3.05) is 7.11 Å². The molecule has 3 aromatic heterocycles. The highest BCUT2D eigenvalue weighted by molar-refractivity contribution is 9.10. The molecular weight excluding hydrogens is 334 g/mol. The Morgan fingerprint density at radius 3 is 3.00 bits per heavy atom. The van der Waals surface area contributed by atoms with Crippen molar-refractivity contribution in [1.82, 2.24) is 24.7 Å². The summed E-state index contributed by atoms with van der Waals surface area (Å²) in [6, 6.07) is 3.88. The minimum Gasteiger partial charge on any atom is -0.481 e. The minimum atomic E-state index is 0.624. The van der Waals surface area contributed by atoms with Crippen molar-refractivity contribution in [3.8, 4) is 5.88 Å². The quantitative estimate of drug-likeness (QED) is 0.766. The normalized spacial score (nSPS) is 11.0. The van der Waals surface area contributed by atoms with Crippen LogP contribution in [0, 0.1) is 0 Å². The van der Waals surface area contributed by atoms with E-state index in [1.54, 1.807) is 19.5 Å². The lowest BCUT2D eigenvalue weighted by Gasteiger charge is -2.06. The van der Waals surface area contributed by atoms with Crippen LogP contribution in [0.5, 0.6) is 5.88 Å². The van der Waals surface area contributed by atoms with Crippen LogP contribution in [0.25, 0.3) is 5.65 Å². The Hall–Kier alpha value is -1.99. The maximum Gasteiger partial charge on any atom is 0.213 e. The molecule has 7 heteroatoms. The predicted molar refractivity (Wildman–Crippen MR) is 82.0 cm³/mol. The molecule has 6 nitrogen and oxygen atoms in total. The number of fused-ring (bicyclic) bond motifs is 1. The van der Waals surface area contributed by atoms with Crippen LogP contribution in [0.3, 0.4) is 0 Å². The molecule has 0 aromatic carbocycles. The zero-order valence-electron chi connectivity index (χ0n) is 11.5. The molecule has 0 fully saturated rings. The maximum absolute atomic E-state index is 5.11. The summed E-state index contributed by atoms with van der Waals surface area (Å²) in [4.78, 5) is 12.6. The van der Waals surface area contributed by atoms with Gasteiger partial charge in [0, 0.05) is 31.5 Å². The predicted octanol–water partition coefficient (Wildman–Crippen LogP) is 2.19. The van der Waals surface area contributed by atoms with Crippen molar-refractivity contribution in [2.45, 2.75) is 13.1 Å². The van der Waals surface area contributed by atoms with E-state index in [4.69, 9.17) is 4.74 Å². The van der Waals surface area contributed by atoms with Crippen LogP contribution in [0.2, 0.25) is 0 Å². The van der Waals surface area contributed by atoms with Gasteiger partial charge in [-0.05, 0) is 27.6 Å². The SMILES string of the molecule is COc1cc(CNCc2cnc3cnc(Br)cn23)ccn1. The molecule has 0 aliphatic rings. The van der Waals surface area contributed by atoms with Gasteiger partial charge in [0.2, 0.25) is 5.88 Å². The van der Waals surface area contributed by atoms with Gasteiger partial charge in [-0.3, -0.25) is 4.40 Å². The summed E-state index contributed by atoms with van der Waals surface area (Å²) in [7, 11) is 1.61. The second-order valence-electron chi connectivity index (χ2n) is 4.50. The van der Waals surface area contributed by atoms with Gasteiger partial charge < -0.3 is 10.1 Å². The molecule has 108 valence electrons. The Labute approximate surface area is 130 Å². The monoisotopic (exact) mass is 347 g/mol. The molecule has 0 radical (unpaired) electrons. The van der Waals surface area contributed by atoms with Gasteiger partial charge in [0.1, 0.15) is 4.60 Å². The molecule has 0 unspecified atom stereocenters. The summed E-state index contributed by atoms with van der Waals surface area (Å²) in [5.41, 5.74) is 3.04. The average molecular weight is 348 g/mol. The summed E-state index contributed by atoms with van der Waals surface area (Å²) < 4.78 is 7.91. The number of rotatable bonds is 5. The number of ether oxygens (including phenoxy) is 1. The molecule has 0 atom stereocenters. The van der Waals surface area contributed by atoms with Gasteiger partial charge >= 0.3 is 0 Å². The first-order chi connectivity index (χ1) is 10.3. The summed E-state index contributed by atoms with van der Waals surface area (Å²) >= 11 is 3.37. The Balaban J connectivity index is 1.67. The largest absolute Gasteiger partial charge is 0.481 e. The van der Waals surface area contributed by atoms with Gasteiger partial charge in [-0.1, -0.05) is 0 Å². The standard InChI is InChI=1S/C14H14BrN5O/c1-21-14-4-10(2-3-17-14)5-16-6-11-7-19-13-8-18-12(15)9-20(11)13/h2-4,7-9,16H,5-6H2,1H3. The number of imidazole rings is 1. The number of nitrogens with zero attached hydrogens (tertiary/aromatic N) is 4. The third kappa shape index (κ3) is 3.20. The fourth-order valence-electron chi connectivity index (χ4n) is 2.05. The molecule has 21 heavy (non-hydrogen) atoms. The molecule has 0 spiro atoms. The van der Waals surface area contributed by atoms with Crippen LogP contribution in [-0.2, 0) is 13.1 Å². The van der Waals surface area contributed by atoms with E-state index in [-0.39, 0.29) is 0 Å². The molecule has 0 bridgehead atoms. The third-order valence-corrected chi connectivity index (χ3v) is 3.49. The van der Waals surface area contributed by atoms with Crippen LogP contribution in [0.1, 0.15) is 11.3 Å². The average Bonchev–Trinajstić information content (AvgIpc) is 2.90. The summed E-state index contributed by atoms with van der Waals surface area (Å²) in [5.74, 6) is 0.624. The Kier molecular flexibility index (Phi) is 4.12. The fourth-order valence-corrected chi connectivity index (χ4v) is 2.36. The Morgan fingerprint density at radius 1 is 1.24 bits per heavy atom. The second kappa shape index (κ2) is 6.19. The number of pyridine rings is 1. The molecule has 0 saturated heterocycles. The molecule has 1 N–H and O–H groups in total. The molecule has 3 aromatic rings. The van der Waals surface area contributed by atoms with Gasteiger partial charge in [0.15, 0.2) is 5.65 Å². The first-order valence-corrected chi connectivity index (χ1v) is 7.22. The second-order valence-corrected chi connectivity index (χ2v) is 5.31. The van der Waals surface area contributed by atoms with E-state index >= 15 is 0 Å². The van der Waals surface area contributed by atoms with Gasteiger partial charge in [0.05, 0.1) is 25.2 Å². The van der Waals surface area contributed by atoms with Crippen molar-refractivity contribution < 1.29 is 4.74 Å². The van der Waals surface area contributed by atoms with Crippen LogP contribution in [-0.4, -0.2) is 26.5 Å². The highest BCUT2D eigenvalue weighted by atomic mass is 79.9. The van der Waals surface area contributed by atoms with Crippen LogP contribution in [0.4, 0.5) is 0 Å². The highest BCUT2D eigenvalue weighted by Crippen LogP contribution is 2.11. The number of nitrogens with one attached hydrogen (secondary N) is 1. The zero-order valence-corrected chi connectivity index (χ0v) is 13.0. The van der Waals surface area contributed by atoms with Crippen molar-refractivity contribution in [3.05, 3.63) is 52.8 Å². The molecule has 3 heterocycles. The number of aromatic nitrogens is 4. The van der Waals surface area contributed by atoms with Gasteiger partial charge in [-0.2, -0.15) is 0 Å². The van der Waals surface area contributed by atoms with Crippen molar-refractivity contribution in [3.63, 3.8) is 0 Å². The minimum absolute atomic E-state index is 0.624. The zero-order chi connectivity index (χ0) is 14.7. The van der Waals surface area contributed by atoms with Gasteiger partial charge in [0.25, 0.3) is 0 Å².